The minimum absolute atomic E-state index is 0.123. The topological polar surface area (TPSA) is 90.7 Å². The number of aliphatic hydroxyl groups is 1. The lowest BCUT2D eigenvalue weighted by Crippen LogP contribution is -2.40. The Labute approximate surface area is 116 Å². The first-order chi connectivity index (χ1) is 9.70. The molecule has 6 nitrogen and oxygen atoms in total. The molecule has 0 spiro atoms. The minimum atomic E-state index is -4.57. The van der Waals surface area contributed by atoms with Crippen LogP contribution in [0.1, 0.15) is 22.5 Å². The number of hydrogen-bond acceptors (Lipinski definition) is 4. The molecule has 114 valence electrons. The molecule has 1 saturated heterocycles. The van der Waals surface area contributed by atoms with Crippen LogP contribution in [0.25, 0.3) is 0 Å². The van der Waals surface area contributed by atoms with E-state index in [-0.39, 0.29) is 18.7 Å². The largest absolute Gasteiger partial charge is 0.480 e. The van der Waals surface area contributed by atoms with Gasteiger partial charge in [0.15, 0.2) is 0 Å². The Balaban J connectivity index is 2.22. The first kappa shape index (κ1) is 15.2. The number of carboxylic acids is 1. The van der Waals surface area contributed by atoms with Crippen LogP contribution in [0.4, 0.5) is 13.2 Å². The van der Waals surface area contributed by atoms with Crippen molar-refractivity contribution in [1.29, 1.82) is 0 Å². The van der Waals surface area contributed by atoms with Gasteiger partial charge in [0.05, 0.1) is 11.7 Å². The van der Waals surface area contributed by atoms with Gasteiger partial charge in [0.2, 0.25) is 0 Å². The van der Waals surface area contributed by atoms with Crippen molar-refractivity contribution in [2.75, 3.05) is 6.54 Å². The number of rotatable bonds is 2. The third-order valence-electron chi connectivity index (χ3n) is 3.13. The first-order valence-electron chi connectivity index (χ1n) is 5.95. The maximum Gasteiger partial charge on any atom is 0.417 e. The summed E-state index contributed by atoms with van der Waals surface area (Å²) in [5.41, 5.74) is -1.31. The summed E-state index contributed by atoms with van der Waals surface area (Å²) in [5.74, 6) is -2.11. The van der Waals surface area contributed by atoms with Crippen LogP contribution in [-0.4, -0.2) is 50.7 Å². The van der Waals surface area contributed by atoms with Crippen LogP contribution in [0.5, 0.6) is 0 Å². The normalized spacial score (nSPS) is 22.4. The lowest BCUT2D eigenvalue weighted by molar-refractivity contribution is -0.141. The van der Waals surface area contributed by atoms with Gasteiger partial charge in [-0.15, -0.1) is 0 Å². The highest BCUT2D eigenvalue weighted by Gasteiger charge is 2.40. The van der Waals surface area contributed by atoms with E-state index < -0.39 is 35.8 Å². The molecule has 2 atom stereocenters. The van der Waals surface area contributed by atoms with Crippen molar-refractivity contribution in [2.24, 2.45) is 0 Å². The Kier molecular flexibility index (Phi) is 3.86. The number of aliphatic hydroxyl groups excluding tert-OH is 1. The molecule has 0 saturated carbocycles. The number of alkyl halides is 3. The fraction of sp³-hybridized carbons (Fsp3) is 0.417. The second kappa shape index (κ2) is 5.32. The average Bonchev–Trinajstić information content (AvgIpc) is 2.79. The number of aliphatic carboxylic acids is 1. The Morgan fingerprint density at radius 2 is 2.00 bits per heavy atom. The number of hydrogen-bond donors (Lipinski definition) is 2. The molecule has 0 aromatic carbocycles. The summed E-state index contributed by atoms with van der Waals surface area (Å²) in [6, 6.07) is 0.369. The fourth-order valence-corrected chi connectivity index (χ4v) is 2.11. The molecule has 2 rings (SSSR count). The molecule has 1 aromatic heterocycles. The number of likely N-dealkylation sites (tertiary alicyclic amines) is 1. The van der Waals surface area contributed by atoms with Crippen LogP contribution in [0.2, 0.25) is 0 Å². The van der Waals surface area contributed by atoms with Crippen LogP contribution in [0.3, 0.4) is 0 Å². The van der Waals surface area contributed by atoms with Crippen LogP contribution >= 0.6 is 0 Å². The minimum Gasteiger partial charge on any atom is -0.480 e. The molecule has 1 aliphatic heterocycles. The van der Waals surface area contributed by atoms with Crippen LogP contribution in [0.15, 0.2) is 18.3 Å². The molecule has 0 unspecified atom stereocenters. The van der Waals surface area contributed by atoms with Gasteiger partial charge in [0.25, 0.3) is 5.91 Å². The molecule has 0 radical (unpaired) electrons. The van der Waals surface area contributed by atoms with Gasteiger partial charge in [-0.3, -0.25) is 9.78 Å². The summed E-state index contributed by atoms with van der Waals surface area (Å²) in [5, 5.41) is 18.4. The number of β-amino-alcohol motifs (C(OH)–C–C–N with tert-alkyl or cyclic N) is 1. The van der Waals surface area contributed by atoms with Crippen LogP contribution in [0, 0.1) is 0 Å². The van der Waals surface area contributed by atoms with Gasteiger partial charge >= 0.3 is 12.1 Å². The number of aromatic nitrogens is 1. The highest BCUT2D eigenvalue weighted by atomic mass is 19.4. The number of amides is 1. The van der Waals surface area contributed by atoms with E-state index >= 15 is 0 Å². The van der Waals surface area contributed by atoms with Gasteiger partial charge in [-0.2, -0.15) is 13.2 Å². The number of carbonyl (C=O) groups is 2. The Morgan fingerprint density at radius 1 is 1.33 bits per heavy atom. The van der Waals surface area contributed by atoms with Crippen LogP contribution in [-0.2, 0) is 11.0 Å². The molecule has 1 aromatic rings. The summed E-state index contributed by atoms with van der Waals surface area (Å²) in [6.45, 7) is -0.196. The van der Waals surface area contributed by atoms with Gasteiger partial charge < -0.3 is 15.1 Å². The summed E-state index contributed by atoms with van der Waals surface area (Å²) in [7, 11) is 0. The van der Waals surface area contributed by atoms with Crippen molar-refractivity contribution in [3.05, 3.63) is 29.6 Å². The lowest BCUT2D eigenvalue weighted by Gasteiger charge is -2.20. The number of nitrogens with zero attached hydrogens (tertiary/aromatic N) is 2. The van der Waals surface area contributed by atoms with Crippen LogP contribution < -0.4 is 0 Å². The van der Waals surface area contributed by atoms with Crippen molar-refractivity contribution in [2.45, 2.75) is 24.7 Å². The quantitative estimate of drug-likeness (QED) is 0.842. The molecular formula is C12H11F3N2O4. The summed E-state index contributed by atoms with van der Waals surface area (Å²) < 4.78 is 37.2. The van der Waals surface area contributed by atoms with Crippen molar-refractivity contribution in [3.63, 3.8) is 0 Å². The fourth-order valence-electron chi connectivity index (χ4n) is 2.11. The summed E-state index contributed by atoms with van der Waals surface area (Å²) in [4.78, 5) is 27.4. The Morgan fingerprint density at radius 3 is 2.48 bits per heavy atom. The van der Waals surface area contributed by atoms with E-state index in [9.17, 15) is 27.9 Å². The SMILES string of the molecule is O=C(O)[C@@H]1C[C@H](O)CN1C(=O)c1ccc(C(F)(F)F)cn1. The highest BCUT2D eigenvalue weighted by Crippen LogP contribution is 2.28. The van der Waals surface area contributed by atoms with E-state index in [0.29, 0.717) is 12.3 Å². The zero-order chi connectivity index (χ0) is 15.8. The maximum absolute atomic E-state index is 12.4. The second-order valence-corrected chi connectivity index (χ2v) is 4.63. The van der Waals surface area contributed by atoms with Crippen molar-refractivity contribution in [3.8, 4) is 0 Å². The molecule has 0 bridgehead atoms. The third kappa shape index (κ3) is 3.13. The number of carbonyl (C=O) groups excluding carboxylic acids is 1. The smallest absolute Gasteiger partial charge is 0.417 e. The average molecular weight is 304 g/mol. The Bertz CT molecular complexity index is 559. The third-order valence-corrected chi connectivity index (χ3v) is 3.13. The first-order valence-corrected chi connectivity index (χ1v) is 5.95. The highest BCUT2D eigenvalue weighted by molar-refractivity contribution is 5.95. The van der Waals surface area contributed by atoms with E-state index in [2.05, 4.69) is 4.98 Å². The molecule has 2 heterocycles. The van der Waals surface area contributed by atoms with Crippen molar-refractivity contribution in [1.82, 2.24) is 9.88 Å². The predicted octanol–water partition coefficient (Wildman–Crippen LogP) is 0.760. The zero-order valence-corrected chi connectivity index (χ0v) is 10.5. The molecule has 2 N–H and O–H groups in total. The van der Waals surface area contributed by atoms with E-state index in [0.717, 1.165) is 11.0 Å². The monoisotopic (exact) mass is 304 g/mol. The van der Waals surface area contributed by atoms with Crippen molar-refractivity contribution >= 4 is 11.9 Å². The van der Waals surface area contributed by atoms with Gasteiger partial charge in [0, 0.05) is 19.2 Å². The zero-order valence-electron chi connectivity index (χ0n) is 10.5. The Hall–Kier alpha value is -2.16. The molecule has 1 fully saturated rings. The number of pyridine rings is 1. The molecule has 0 aliphatic carbocycles. The van der Waals surface area contributed by atoms with E-state index in [1.807, 2.05) is 0 Å². The number of halogens is 3. The molecular weight excluding hydrogens is 293 g/mol. The standard InChI is InChI=1S/C12H11F3N2O4/c13-12(14,15)6-1-2-8(16-4-6)10(19)17-5-7(18)3-9(17)11(20)21/h1-2,4,7,9,18H,3,5H2,(H,20,21)/t7-,9-/m0/s1. The summed E-state index contributed by atoms with van der Waals surface area (Å²) >= 11 is 0. The molecule has 9 heteroatoms. The molecule has 21 heavy (non-hydrogen) atoms. The lowest BCUT2D eigenvalue weighted by atomic mass is 10.2. The van der Waals surface area contributed by atoms with E-state index in [1.165, 1.54) is 0 Å². The molecule has 1 amide bonds. The second-order valence-electron chi connectivity index (χ2n) is 4.63. The van der Waals surface area contributed by atoms with Gasteiger partial charge in [-0.25, -0.2) is 4.79 Å². The molecule has 1 aliphatic rings. The van der Waals surface area contributed by atoms with Crippen molar-refractivity contribution < 1.29 is 33.0 Å². The van der Waals surface area contributed by atoms with E-state index in [4.69, 9.17) is 5.11 Å². The number of carboxylic acid groups (broad SMARTS) is 1. The predicted molar refractivity (Wildman–Crippen MR) is 62.3 cm³/mol. The van der Waals surface area contributed by atoms with Gasteiger partial charge in [0.1, 0.15) is 11.7 Å². The van der Waals surface area contributed by atoms with Gasteiger partial charge in [-0.05, 0) is 12.1 Å². The van der Waals surface area contributed by atoms with Gasteiger partial charge in [-0.1, -0.05) is 0 Å². The summed E-state index contributed by atoms with van der Waals surface area (Å²) in [6.07, 6.45) is -5.16. The van der Waals surface area contributed by atoms with E-state index in [1.54, 1.807) is 0 Å². The maximum atomic E-state index is 12.4.